The monoisotopic (exact) mass is 206 g/mol. The first-order valence-corrected chi connectivity index (χ1v) is 5.53. The molecular formula is C12H18N2O. The van der Waals surface area contributed by atoms with Crippen molar-refractivity contribution in [2.75, 3.05) is 18.4 Å². The number of rotatable bonds is 3. The van der Waals surface area contributed by atoms with Gasteiger partial charge in [0.25, 0.3) is 0 Å². The molecule has 2 rings (SSSR count). The standard InChI is InChI=1S/C12H18N2O/c1-9-8-14-11-7-10(3-2-6-13)4-5-12(11)15-9/h4-5,7,9,14H,2-3,6,8,13H2,1H3. The normalized spacial score (nSPS) is 18.9. The van der Waals surface area contributed by atoms with Crippen LogP contribution in [-0.4, -0.2) is 19.2 Å². The van der Waals surface area contributed by atoms with E-state index in [9.17, 15) is 0 Å². The summed E-state index contributed by atoms with van der Waals surface area (Å²) in [6.45, 7) is 3.70. The van der Waals surface area contributed by atoms with Crippen molar-refractivity contribution in [3.05, 3.63) is 23.8 Å². The van der Waals surface area contributed by atoms with Crippen molar-refractivity contribution in [2.24, 2.45) is 5.73 Å². The van der Waals surface area contributed by atoms with Crippen LogP contribution in [0.1, 0.15) is 18.9 Å². The molecule has 1 atom stereocenters. The second-order valence-electron chi connectivity index (χ2n) is 4.03. The lowest BCUT2D eigenvalue weighted by atomic mass is 10.1. The molecule has 82 valence electrons. The highest BCUT2D eigenvalue weighted by atomic mass is 16.5. The number of nitrogens with two attached hydrogens (primary N) is 1. The summed E-state index contributed by atoms with van der Waals surface area (Å²) < 4.78 is 5.70. The number of fused-ring (bicyclic) bond motifs is 1. The fourth-order valence-electron chi connectivity index (χ4n) is 1.79. The van der Waals surface area contributed by atoms with E-state index in [1.165, 1.54) is 5.56 Å². The van der Waals surface area contributed by atoms with E-state index in [0.29, 0.717) is 0 Å². The number of anilines is 1. The summed E-state index contributed by atoms with van der Waals surface area (Å²) in [6, 6.07) is 6.33. The van der Waals surface area contributed by atoms with Crippen LogP contribution in [0.5, 0.6) is 5.75 Å². The molecule has 0 saturated carbocycles. The van der Waals surface area contributed by atoms with E-state index in [2.05, 4.69) is 24.4 Å². The molecule has 3 N–H and O–H groups in total. The lowest BCUT2D eigenvalue weighted by molar-refractivity contribution is 0.226. The van der Waals surface area contributed by atoms with Crippen LogP contribution in [-0.2, 0) is 6.42 Å². The molecule has 0 bridgehead atoms. The van der Waals surface area contributed by atoms with E-state index >= 15 is 0 Å². The Balaban J connectivity index is 2.12. The Morgan fingerprint density at radius 2 is 2.40 bits per heavy atom. The topological polar surface area (TPSA) is 47.3 Å². The highest BCUT2D eigenvalue weighted by Crippen LogP contribution is 2.30. The van der Waals surface area contributed by atoms with Crippen molar-refractivity contribution >= 4 is 5.69 Å². The summed E-state index contributed by atoms with van der Waals surface area (Å²) in [7, 11) is 0. The molecule has 3 nitrogen and oxygen atoms in total. The maximum absolute atomic E-state index is 5.70. The minimum atomic E-state index is 0.257. The zero-order valence-corrected chi connectivity index (χ0v) is 9.12. The third kappa shape index (κ3) is 2.42. The fraction of sp³-hybridized carbons (Fsp3) is 0.500. The summed E-state index contributed by atoms with van der Waals surface area (Å²) >= 11 is 0. The first-order valence-electron chi connectivity index (χ1n) is 5.53. The van der Waals surface area contributed by atoms with E-state index in [-0.39, 0.29) is 6.10 Å². The number of hydrogen-bond acceptors (Lipinski definition) is 3. The van der Waals surface area contributed by atoms with E-state index in [4.69, 9.17) is 10.5 Å². The quantitative estimate of drug-likeness (QED) is 0.792. The molecule has 0 aromatic heterocycles. The Hall–Kier alpha value is -1.22. The number of aryl methyl sites for hydroxylation is 1. The predicted molar refractivity (Wildman–Crippen MR) is 62.4 cm³/mol. The van der Waals surface area contributed by atoms with Crippen molar-refractivity contribution in [3.8, 4) is 5.75 Å². The molecule has 0 saturated heterocycles. The fourth-order valence-corrected chi connectivity index (χ4v) is 1.79. The second kappa shape index (κ2) is 4.53. The molecule has 1 heterocycles. The van der Waals surface area contributed by atoms with Gasteiger partial charge in [-0.2, -0.15) is 0 Å². The molecular weight excluding hydrogens is 188 g/mol. The van der Waals surface area contributed by atoms with Gasteiger partial charge in [-0.1, -0.05) is 6.07 Å². The first-order chi connectivity index (χ1) is 7.29. The van der Waals surface area contributed by atoms with Gasteiger partial charge < -0.3 is 15.8 Å². The molecule has 1 aliphatic heterocycles. The van der Waals surface area contributed by atoms with Gasteiger partial charge >= 0.3 is 0 Å². The molecule has 1 aromatic rings. The van der Waals surface area contributed by atoms with Crippen LogP contribution in [0, 0.1) is 0 Å². The SMILES string of the molecule is CC1CNc2cc(CCCN)ccc2O1. The van der Waals surface area contributed by atoms with Crippen LogP contribution in [0.2, 0.25) is 0 Å². The van der Waals surface area contributed by atoms with Gasteiger partial charge in [0.1, 0.15) is 11.9 Å². The van der Waals surface area contributed by atoms with Gasteiger partial charge in [-0.05, 0) is 44.0 Å². The third-order valence-electron chi connectivity index (χ3n) is 2.62. The maximum Gasteiger partial charge on any atom is 0.142 e. The van der Waals surface area contributed by atoms with Crippen LogP contribution < -0.4 is 15.8 Å². The largest absolute Gasteiger partial charge is 0.487 e. The summed E-state index contributed by atoms with van der Waals surface area (Å²) in [6.07, 6.45) is 2.34. The highest BCUT2D eigenvalue weighted by molar-refractivity contribution is 5.59. The van der Waals surface area contributed by atoms with Crippen LogP contribution >= 0.6 is 0 Å². The van der Waals surface area contributed by atoms with Gasteiger partial charge in [-0.25, -0.2) is 0 Å². The van der Waals surface area contributed by atoms with Crippen LogP contribution in [0.3, 0.4) is 0 Å². The molecule has 1 aliphatic rings. The summed E-state index contributed by atoms with van der Waals surface area (Å²) in [5, 5.41) is 3.37. The molecule has 0 amide bonds. The van der Waals surface area contributed by atoms with Crippen molar-refractivity contribution in [1.82, 2.24) is 0 Å². The van der Waals surface area contributed by atoms with Crippen LogP contribution in [0.4, 0.5) is 5.69 Å². The predicted octanol–water partition coefficient (Wildman–Crippen LogP) is 1.77. The average Bonchev–Trinajstić information content (AvgIpc) is 2.26. The highest BCUT2D eigenvalue weighted by Gasteiger charge is 2.14. The van der Waals surface area contributed by atoms with E-state index in [1.54, 1.807) is 0 Å². The summed E-state index contributed by atoms with van der Waals surface area (Å²) in [4.78, 5) is 0. The van der Waals surface area contributed by atoms with E-state index in [1.807, 2.05) is 6.07 Å². The first kappa shape index (κ1) is 10.3. The Kier molecular flexibility index (Phi) is 3.11. The van der Waals surface area contributed by atoms with Crippen molar-refractivity contribution < 1.29 is 4.74 Å². The number of nitrogens with one attached hydrogen (secondary N) is 1. The van der Waals surface area contributed by atoms with Crippen molar-refractivity contribution in [1.29, 1.82) is 0 Å². The van der Waals surface area contributed by atoms with Crippen LogP contribution in [0.25, 0.3) is 0 Å². The van der Waals surface area contributed by atoms with Crippen molar-refractivity contribution in [3.63, 3.8) is 0 Å². The third-order valence-corrected chi connectivity index (χ3v) is 2.62. The van der Waals surface area contributed by atoms with Gasteiger partial charge in [0.05, 0.1) is 12.2 Å². The van der Waals surface area contributed by atoms with Gasteiger partial charge in [-0.3, -0.25) is 0 Å². The lowest BCUT2D eigenvalue weighted by Gasteiger charge is -2.25. The van der Waals surface area contributed by atoms with E-state index < -0.39 is 0 Å². The summed E-state index contributed by atoms with van der Waals surface area (Å²) in [5.41, 5.74) is 7.93. The van der Waals surface area contributed by atoms with Gasteiger partial charge in [-0.15, -0.1) is 0 Å². The molecule has 0 fully saturated rings. The molecule has 3 heteroatoms. The number of hydrogen-bond donors (Lipinski definition) is 2. The lowest BCUT2D eigenvalue weighted by Crippen LogP contribution is -2.27. The maximum atomic E-state index is 5.70. The molecule has 0 aliphatic carbocycles. The zero-order valence-electron chi connectivity index (χ0n) is 9.12. The Morgan fingerprint density at radius 3 is 3.20 bits per heavy atom. The van der Waals surface area contributed by atoms with Gasteiger partial charge in [0.2, 0.25) is 0 Å². The Morgan fingerprint density at radius 1 is 1.53 bits per heavy atom. The minimum absolute atomic E-state index is 0.257. The Labute approximate surface area is 90.6 Å². The molecule has 0 radical (unpaired) electrons. The van der Waals surface area contributed by atoms with Crippen LogP contribution in [0.15, 0.2) is 18.2 Å². The molecule has 15 heavy (non-hydrogen) atoms. The molecule has 1 aromatic carbocycles. The molecule has 1 unspecified atom stereocenters. The molecule has 0 spiro atoms. The van der Waals surface area contributed by atoms with Gasteiger partial charge in [0, 0.05) is 0 Å². The minimum Gasteiger partial charge on any atom is -0.487 e. The second-order valence-corrected chi connectivity index (χ2v) is 4.03. The smallest absolute Gasteiger partial charge is 0.142 e. The van der Waals surface area contributed by atoms with Crippen molar-refractivity contribution in [2.45, 2.75) is 25.9 Å². The summed E-state index contributed by atoms with van der Waals surface area (Å²) in [5.74, 6) is 0.963. The number of ether oxygens (including phenoxy) is 1. The average molecular weight is 206 g/mol. The van der Waals surface area contributed by atoms with Gasteiger partial charge in [0.15, 0.2) is 0 Å². The Bertz CT molecular complexity index is 338. The number of benzene rings is 1. The van der Waals surface area contributed by atoms with E-state index in [0.717, 1.165) is 37.4 Å². The zero-order chi connectivity index (χ0) is 10.7.